The number of ether oxygens (including phenoxy) is 3. The number of carbonyl (C=O) groups excluding carboxylic acids is 4. The smallest absolute Gasteiger partial charge is 0.407 e. The normalized spacial score (nSPS) is 15.2. The van der Waals surface area contributed by atoms with Crippen LogP contribution < -0.4 is 20.1 Å². The highest BCUT2D eigenvalue weighted by atomic mass is 16.6. The summed E-state index contributed by atoms with van der Waals surface area (Å²) in [5, 5.41) is 14.8. The van der Waals surface area contributed by atoms with Crippen LogP contribution in [0.15, 0.2) is 12.1 Å². The van der Waals surface area contributed by atoms with Gasteiger partial charge in [-0.05, 0) is 45.7 Å². The molecule has 0 bridgehead atoms. The summed E-state index contributed by atoms with van der Waals surface area (Å²) in [7, 11) is 2.83. The fraction of sp³-hybridized carbons (Fsp3) is 0.542. The standard InChI is InChI=1S/C24H33N3O9/c1-13(25-23(33)36-24(2,3)4)9-14-10-18(35-6)15(11-17(14)34-5)26-19(28)12-16(22(31)32)27-20(29)7-8-21(27)30/h10-11,13,16H,7-9,12H2,1-6H3,(H,25,33)(H,26,28)(H,31,32). The van der Waals surface area contributed by atoms with Crippen molar-refractivity contribution in [1.29, 1.82) is 0 Å². The largest absolute Gasteiger partial charge is 0.496 e. The first kappa shape index (κ1) is 28.4. The van der Waals surface area contributed by atoms with Crippen molar-refractivity contribution in [2.24, 2.45) is 0 Å². The summed E-state index contributed by atoms with van der Waals surface area (Å²) in [4.78, 5) is 61.0. The molecule has 1 aromatic rings. The van der Waals surface area contributed by atoms with Gasteiger partial charge in [0.05, 0.1) is 26.3 Å². The second kappa shape index (κ2) is 11.7. The van der Waals surface area contributed by atoms with Crippen molar-refractivity contribution < 1.29 is 43.3 Å². The molecule has 1 heterocycles. The molecule has 0 aromatic heterocycles. The molecule has 12 heteroatoms. The van der Waals surface area contributed by atoms with Gasteiger partial charge in [0.25, 0.3) is 0 Å². The summed E-state index contributed by atoms with van der Waals surface area (Å²) < 4.78 is 16.1. The van der Waals surface area contributed by atoms with Gasteiger partial charge in [0.15, 0.2) is 0 Å². The van der Waals surface area contributed by atoms with E-state index in [9.17, 15) is 29.1 Å². The Hall–Kier alpha value is -3.83. The Morgan fingerprint density at radius 3 is 2.14 bits per heavy atom. The number of hydrogen-bond acceptors (Lipinski definition) is 8. The second-order valence-corrected chi connectivity index (χ2v) is 9.38. The molecule has 2 rings (SSSR count). The highest BCUT2D eigenvalue weighted by molar-refractivity contribution is 6.06. The second-order valence-electron chi connectivity index (χ2n) is 9.38. The molecule has 0 radical (unpaired) electrons. The van der Waals surface area contributed by atoms with Gasteiger partial charge in [-0.1, -0.05) is 0 Å². The number of likely N-dealkylation sites (tertiary alicyclic amines) is 1. The quantitative estimate of drug-likeness (QED) is 0.403. The van der Waals surface area contributed by atoms with Crippen molar-refractivity contribution in [3.05, 3.63) is 17.7 Å². The zero-order chi connectivity index (χ0) is 27.2. The number of amides is 4. The fourth-order valence-corrected chi connectivity index (χ4v) is 3.72. The van der Waals surface area contributed by atoms with E-state index in [1.807, 2.05) is 0 Å². The molecule has 0 saturated carbocycles. The number of carbonyl (C=O) groups is 5. The van der Waals surface area contributed by atoms with Gasteiger partial charge in [0.1, 0.15) is 23.1 Å². The molecule has 3 N–H and O–H groups in total. The number of carboxylic acid groups (broad SMARTS) is 1. The summed E-state index contributed by atoms with van der Waals surface area (Å²) in [6, 6.07) is 1.20. The summed E-state index contributed by atoms with van der Waals surface area (Å²) in [5.41, 5.74) is 0.242. The molecule has 2 unspecified atom stereocenters. The van der Waals surface area contributed by atoms with Gasteiger partial charge in [-0.25, -0.2) is 9.59 Å². The molecule has 4 amide bonds. The summed E-state index contributed by atoms with van der Waals surface area (Å²) >= 11 is 0. The van der Waals surface area contributed by atoms with Gasteiger partial charge in [0.2, 0.25) is 17.7 Å². The Bertz CT molecular complexity index is 1020. The molecule has 1 fully saturated rings. The Morgan fingerprint density at radius 2 is 1.64 bits per heavy atom. The Balaban J connectivity index is 2.17. The molecule has 198 valence electrons. The Kier molecular flexibility index (Phi) is 9.26. The molecule has 36 heavy (non-hydrogen) atoms. The molecule has 1 aliphatic heterocycles. The Labute approximate surface area is 209 Å². The van der Waals surface area contributed by atoms with Crippen molar-refractivity contribution in [3.63, 3.8) is 0 Å². The van der Waals surface area contributed by atoms with E-state index in [4.69, 9.17) is 14.2 Å². The number of nitrogens with one attached hydrogen (secondary N) is 2. The highest BCUT2D eigenvalue weighted by Crippen LogP contribution is 2.34. The molecule has 0 spiro atoms. The maximum Gasteiger partial charge on any atom is 0.407 e. The van der Waals surface area contributed by atoms with Gasteiger partial charge < -0.3 is 30.0 Å². The lowest BCUT2D eigenvalue weighted by atomic mass is 10.0. The summed E-state index contributed by atoms with van der Waals surface area (Å²) in [6.07, 6.45) is -1.01. The molecule has 1 saturated heterocycles. The lowest BCUT2D eigenvalue weighted by Gasteiger charge is -2.23. The lowest BCUT2D eigenvalue weighted by Crippen LogP contribution is -2.46. The number of carboxylic acids is 1. The number of methoxy groups -OCH3 is 2. The van der Waals surface area contributed by atoms with E-state index >= 15 is 0 Å². The van der Waals surface area contributed by atoms with Crippen LogP contribution in [0, 0.1) is 0 Å². The van der Waals surface area contributed by atoms with E-state index in [1.54, 1.807) is 33.8 Å². The average molecular weight is 508 g/mol. The number of aliphatic carboxylic acids is 1. The number of benzene rings is 1. The number of imide groups is 1. The first-order valence-corrected chi connectivity index (χ1v) is 11.4. The van der Waals surface area contributed by atoms with E-state index in [1.165, 1.54) is 20.3 Å². The molecule has 12 nitrogen and oxygen atoms in total. The van der Waals surface area contributed by atoms with E-state index < -0.39 is 47.8 Å². The van der Waals surface area contributed by atoms with Crippen LogP contribution in [-0.4, -0.2) is 71.7 Å². The van der Waals surface area contributed by atoms with Crippen LogP contribution in [0.5, 0.6) is 11.5 Å². The van der Waals surface area contributed by atoms with E-state index in [-0.39, 0.29) is 30.3 Å². The van der Waals surface area contributed by atoms with E-state index in [2.05, 4.69) is 10.6 Å². The minimum Gasteiger partial charge on any atom is -0.496 e. The van der Waals surface area contributed by atoms with Crippen LogP contribution in [0.3, 0.4) is 0 Å². The van der Waals surface area contributed by atoms with Crippen LogP contribution in [-0.2, 0) is 30.3 Å². The predicted molar refractivity (Wildman–Crippen MR) is 128 cm³/mol. The average Bonchev–Trinajstić information content (AvgIpc) is 3.08. The van der Waals surface area contributed by atoms with Gasteiger partial charge in [-0.2, -0.15) is 0 Å². The highest BCUT2D eigenvalue weighted by Gasteiger charge is 2.40. The topological polar surface area (TPSA) is 161 Å². The lowest BCUT2D eigenvalue weighted by molar-refractivity contribution is -0.155. The van der Waals surface area contributed by atoms with Gasteiger partial charge in [-0.15, -0.1) is 0 Å². The number of nitrogens with zero attached hydrogens (tertiary/aromatic N) is 1. The van der Waals surface area contributed by atoms with Crippen molar-refractivity contribution in [2.75, 3.05) is 19.5 Å². The fourth-order valence-electron chi connectivity index (χ4n) is 3.72. The Morgan fingerprint density at radius 1 is 1.06 bits per heavy atom. The van der Waals surface area contributed by atoms with Gasteiger partial charge in [0, 0.05) is 24.9 Å². The van der Waals surface area contributed by atoms with Crippen molar-refractivity contribution >= 4 is 35.5 Å². The summed E-state index contributed by atoms with van der Waals surface area (Å²) in [5.74, 6) is -2.79. The van der Waals surface area contributed by atoms with Crippen molar-refractivity contribution in [3.8, 4) is 11.5 Å². The first-order valence-electron chi connectivity index (χ1n) is 11.4. The SMILES string of the molecule is COc1cc(NC(=O)CC(C(=O)O)N2C(=O)CCC2=O)c(OC)cc1CC(C)NC(=O)OC(C)(C)C. The van der Waals surface area contributed by atoms with Crippen LogP contribution in [0.2, 0.25) is 0 Å². The minimum atomic E-state index is -1.61. The van der Waals surface area contributed by atoms with Crippen LogP contribution >= 0.6 is 0 Å². The third-order valence-electron chi connectivity index (χ3n) is 5.23. The first-order chi connectivity index (χ1) is 16.7. The number of anilines is 1. The van der Waals surface area contributed by atoms with Crippen molar-refractivity contribution in [2.45, 2.75) is 71.1 Å². The third kappa shape index (κ3) is 7.59. The number of rotatable bonds is 10. The maximum absolute atomic E-state index is 12.7. The molecule has 1 aliphatic rings. The monoisotopic (exact) mass is 507 g/mol. The third-order valence-corrected chi connectivity index (χ3v) is 5.23. The van der Waals surface area contributed by atoms with Crippen LogP contribution in [0.1, 0.15) is 52.5 Å². The molecule has 0 aliphatic carbocycles. The predicted octanol–water partition coefficient (Wildman–Crippen LogP) is 2.09. The molecular weight excluding hydrogens is 474 g/mol. The van der Waals surface area contributed by atoms with Crippen LogP contribution in [0.25, 0.3) is 0 Å². The number of hydrogen-bond donors (Lipinski definition) is 3. The van der Waals surface area contributed by atoms with Gasteiger partial charge in [-0.3, -0.25) is 19.3 Å². The van der Waals surface area contributed by atoms with E-state index in [0.29, 0.717) is 22.6 Å². The number of alkyl carbamates (subject to hydrolysis) is 1. The van der Waals surface area contributed by atoms with Crippen molar-refractivity contribution in [1.82, 2.24) is 10.2 Å². The molecule has 2 atom stereocenters. The molecule has 1 aromatic carbocycles. The van der Waals surface area contributed by atoms with Crippen LogP contribution in [0.4, 0.5) is 10.5 Å². The minimum absolute atomic E-state index is 0.0854. The zero-order valence-corrected chi connectivity index (χ0v) is 21.3. The maximum atomic E-state index is 12.7. The zero-order valence-electron chi connectivity index (χ0n) is 21.3. The van der Waals surface area contributed by atoms with Gasteiger partial charge >= 0.3 is 12.1 Å². The van der Waals surface area contributed by atoms with E-state index in [0.717, 1.165) is 0 Å². The summed E-state index contributed by atoms with van der Waals surface area (Å²) in [6.45, 7) is 7.07. The molecular formula is C24H33N3O9.